The largest absolute Gasteiger partial charge is 0.303 e. The molecule has 0 spiro atoms. The first-order valence-corrected chi connectivity index (χ1v) is 4.47. The highest BCUT2D eigenvalue weighted by Crippen LogP contribution is 2.28. The predicted molar refractivity (Wildman–Crippen MR) is 51.0 cm³/mol. The van der Waals surface area contributed by atoms with Gasteiger partial charge in [0, 0.05) is 12.1 Å². The van der Waals surface area contributed by atoms with Crippen LogP contribution in [0.2, 0.25) is 0 Å². The van der Waals surface area contributed by atoms with Crippen molar-refractivity contribution >= 4 is 11.9 Å². The summed E-state index contributed by atoms with van der Waals surface area (Å²) in [5, 5.41) is 0. The Morgan fingerprint density at radius 2 is 2.38 bits per heavy atom. The van der Waals surface area contributed by atoms with Crippen LogP contribution in [0.15, 0.2) is 30.5 Å². The summed E-state index contributed by atoms with van der Waals surface area (Å²) in [5.74, 6) is 0.108. The summed E-state index contributed by atoms with van der Waals surface area (Å²) < 4.78 is 0. The van der Waals surface area contributed by atoms with Crippen LogP contribution in [0, 0.1) is 5.92 Å². The van der Waals surface area contributed by atoms with Crippen LogP contribution in [0.1, 0.15) is 18.5 Å². The van der Waals surface area contributed by atoms with Gasteiger partial charge in [0.25, 0.3) is 0 Å². The Morgan fingerprint density at radius 1 is 1.46 bits per heavy atom. The quantitative estimate of drug-likeness (QED) is 0.641. The Kier molecular flexibility index (Phi) is 2.21. The highest BCUT2D eigenvalue weighted by Gasteiger charge is 2.16. The Bertz CT molecular complexity index is 329. The van der Waals surface area contributed by atoms with Gasteiger partial charge in [0.2, 0.25) is 0 Å². The van der Waals surface area contributed by atoms with E-state index in [0.717, 1.165) is 24.8 Å². The molecule has 0 saturated carbocycles. The molecule has 1 atom stereocenters. The van der Waals surface area contributed by atoms with Crippen LogP contribution in [0.5, 0.6) is 0 Å². The first-order chi connectivity index (χ1) is 6.40. The minimum atomic E-state index is 0.108. The summed E-state index contributed by atoms with van der Waals surface area (Å²) in [5.41, 5.74) is 2.21. The van der Waals surface area contributed by atoms with Crippen LogP contribution in [0.4, 0.5) is 0 Å². The van der Waals surface area contributed by atoms with Gasteiger partial charge in [-0.25, -0.2) is 0 Å². The molecule has 1 aliphatic rings. The van der Waals surface area contributed by atoms with Crippen molar-refractivity contribution in [2.45, 2.75) is 12.8 Å². The van der Waals surface area contributed by atoms with Gasteiger partial charge in [0.1, 0.15) is 6.29 Å². The zero-order valence-electron chi connectivity index (χ0n) is 7.31. The van der Waals surface area contributed by atoms with Crippen LogP contribution in [0.25, 0.3) is 5.57 Å². The van der Waals surface area contributed by atoms with E-state index in [1.54, 1.807) is 6.20 Å². The molecule has 2 heteroatoms. The highest BCUT2D eigenvalue weighted by atomic mass is 16.1. The average molecular weight is 173 g/mol. The number of carbonyl (C=O) groups excluding carboxylic acids is 1. The maximum absolute atomic E-state index is 10.5. The third-order valence-electron chi connectivity index (χ3n) is 2.33. The normalized spacial score (nSPS) is 21.2. The fourth-order valence-corrected chi connectivity index (χ4v) is 1.62. The van der Waals surface area contributed by atoms with Gasteiger partial charge in [0.15, 0.2) is 0 Å². The molecule has 0 radical (unpaired) electrons. The topological polar surface area (TPSA) is 30.0 Å². The van der Waals surface area contributed by atoms with Gasteiger partial charge >= 0.3 is 0 Å². The van der Waals surface area contributed by atoms with Crippen molar-refractivity contribution in [3.8, 4) is 0 Å². The van der Waals surface area contributed by atoms with Gasteiger partial charge in [-0.05, 0) is 30.5 Å². The Morgan fingerprint density at radius 3 is 3.00 bits per heavy atom. The van der Waals surface area contributed by atoms with Crippen molar-refractivity contribution in [3.63, 3.8) is 0 Å². The number of nitrogens with zero attached hydrogens (tertiary/aromatic N) is 1. The van der Waals surface area contributed by atoms with Crippen molar-refractivity contribution in [2.24, 2.45) is 5.92 Å². The number of hydrogen-bond acceptors (Lipinski definition) is 2. The number of aromatic nitrogens is 1. The molecule has 0 aliphatic heterocycles. The smallest absolute Gasteiger partial charge is 0.126 e. The van der Waals surface area contributed by atoms with E-state index in [2.05, 4.69) is 4.98 Å². The molecule has 1 heterocycles. The van der Waals surface area contributed by atoms with E-state index in [-0.39, 0.29) is 5.92 Å². The van der Waals surface area contributed by atoms with Gasteiger partial charge in [-0.1, -0.05) is 12.1 Å². The molecule has 2 nitrogen and oxygen atoms in total. The molecule has 1 unspecified atom stereocenters. The summed E-state index contributed by atoms with van der Waals surface area (Å²) in [7, 11) is 0. The summed E-state index contributed by atoms with van der Waals surface area (Å²) in [6, 6.07) is 5.85. The maximum Gasteiger partial charge on any atom is 0.126 e. The van der Waals surface area contributed by atoms with Gasteiger partial charge in [-0.2, -0.15) is 0 Å². The lowest BCUT2D eigenvalue weighted by Gasteiger charge is -1.97. The number of allylic oxidation sites excluding steroid dienone is 2. The second kappa shape index (κ2) is 3.52. The fraction of sp³-hybridized carbons (Fsp3) is 0.273. The minimum absolute atomic E-state index is 0.108. The van der Waals surface area contributed by atoms with E-state index in [1.165, 1.54) is 5.57 Å². The second-order valence-corrected chi connectivity index (χ2v) is 3.25. The van der Waals surface area contributed by atoms with Crippen molar-refractivity contribution < 1.29 is 4.79 Å². The molecule has 13 heavy (non-hydrogen) atoms. The summed E-state index contributed by atoms with van der Waals surface area (Å²) in [6.45, 7) is 0. The van der Waals surface area contributed by atoms with E-state index in [4.69, 9.17) is 0 Å². The third kappa shape index (κ3) is 1.66. The molecule has 0 bridgehead atoms. The van der Waals surface area contributed by atoms with Crippen LogP contribution >= 0.6 is 0 Å². The van der Waals surface area contributed by atoms with Gasteiger partial charge in [0.05, 0.1) is 5.69 Å². The van der Waals surface area contributed by atoms with Crippen molar-refractivity contribution in [3.05, 3.63) is 36.2 Å². The molecule has 66 valence electrons. The van der Waals surface area contributed by atoms with Crippen LogP contribution in [-0.4, -0.2) is 11.3 Å². The van der Waals surface area contributed by atoms with Crippen LogP contribution < -0.4 is 0 Å². The Labute approximate surface area is 77.3 Å². The van der Waals surface area contributed by atoms with Crippen LogP contribution in [-0.2, 0) is 4.79 Å². The monoisotopic (exact) mass is 173 g/mol. The minimum Gasteiger partial charge on any atom is -0.303 e. The molecule has 2 rings (SSSR count). The standard InChI is InChI=1S/C11H11NO/c13-8-9-4-5-10(7-9)11-3-1-2-6-12-11/h1-3,6-9H,4-5H2. The van der Waals surface area contributed by atoms with E-state index in [9.17, 15) is 4.79 Å². The zero-order chi connectivity index (χ0) is 9.10. The van der Waals surface area contributed by atoms with Gasteiger partial charge in [-0.15, -0.1) is 0 Å². The summed E-state index contributed by atoms with van der Waals surface area (Å²) in [6.07, 6.45) is 6.73. The molecule has 0 amide bonds. The molecular formula is C11H11NO. The SMILES string of the molecule is O=CC1C=C(c2ccccn2)CC1. The van der Waals surface area contributed by atoms with E-state index < -0.39 is 0 Å². The lowest BCUT2D eigenvalue weighted by Crippen LogP contribution is -1.89. The lowest BCUT2D eigenvalue weighted by molar-refractivity contribution is -0.109. The first kappa shape index (κ1) is 8.17. The zero-order valence-corrected chi connectivity index (χ0v) is 7.31. The third-order valence-corrected chi connectivity index (χ3v) is 2.33. The Hall–Kier alpha value is -1.44. The molecule has 0 saturated heterocycles. The number of hydrogen-bond donors (Lipinski definition) is 0. The van der Waals surface area contributed by atoms with E-state index in [0.29, 0.717) is 0 Å². The lowest BCUT2D eigenvalue weighted by atomic mass is 10.1. The maximum atomic E-state index is 10.5. The van der Waals surface area contributed by atoms with Crippen molar-refractivity contribution in [1.82, 2.24) is 4.98 Å². The molecule has 1 aliphatic carbocycles. The van der Waals surface area contributed by atoms with E-state index >= 15 is 0 Å². The van der Waals surface area contributed by atoms with E-state index in [1.807, 2.05) is 24.3 Å². The highest BCUT2D eigenvalue weighted by molar-refractivity contribution is 5.71. The average Bonchev–Trinajstić information content (AvgIpc) is 2.67. The first-order valence-electron chi connectivity index (χ1n) is 4.47. The predicted octanol–water partition coefficient (Wildman–Crippen LogP) is 2.07. The number of carbonyl (C=O) groups is 1. The van der Waals surface area contributed by atoms with Crippen LogP contribution in [0.3, 0.4) is 0 Å². The molecule has 0 aromatic carbocycles. The van der Waals surface area contributed by atoms with Crippen molar-refractivity contribution in [1.29, 1.82) is 0 Å². The number of aldehydes is 1. The fourth-order valence-electron chi connectivity index (χ4n) is 1.62. The Balaban J connectivity index is 2.24. The second-order valence-electron chi connectivity index (χ2n) is 3.25. The van der Waals surface area contributed by atoms with Gasteiger partial charge in [-0.3, -0.25) is 4.98 Å². The van der Waals surface area contributed by atoms with Crippen molar-refractivity contribution in [2.75, 3.05) is 0 Å². The molecule has 0 N–H and O–H groups in total. The molecule has 1 aromatic heterocycles. The molecule has 1 aromatic rings. The van der Waals surface area contributed by atoms with Gasteiger partial charge < -0.3 is 4.79 Å². The summed E-state index contributed by atoms with van der Waals surface area (Å²) in [4.78, 5) is 14.8. The number of rotatable bonds is 2. The summed E-state index contributed by atoms with van der Waals surface area (Å²) >= 11 is 0. The molecular weight excluding hydrogens is 162 g/mol. The molecule has 0 fully saturated rings. The number of pyridine rings is 1.